The van der Waals surface area contributed by atoms with Crippen molar-refractivity contribution in [3.8, 4) is 17.2 Å². The third kappa shape index (κ3) is 6.69. The monoisotopic (exact) mass is 613 g/mol. The van der Waals surface area contributed by atoms with Gasteiger partial charge in [0.1, 0.15) is 17.5 Å². The molecule has 0 aliphatic carbocycles. The van der Waals surface area contributed by atoms with Crippen LogP contribution in [0.3, 0.4) is 0 Å². The fourth-order valence-corrected chi connectivity index (χ4v) is 10.7. The molecule has 35 heavy (non-hydrogen) atoms. The topological polar surface area (TPSA) is 105 Å². The maximum atomic E-state index is 13.2. The van der Waals surface area contributed by atoms with Gasteiger partial charge in [-0.2, -0.15) is 0 Å². The number of carboxylic acids is 1. The average molecular weight is 614 g/mol. The molecular formula is C26H36INO6Si. The van der Waals surface area contributed by atoms with Crippen LogP contribution in [-0.4, -0.2) is 43.6 Å². The molecule has 9 heteroatoms. The lowest BCUT2D eigenvalue weighted by molar-refractivity contribution is -0.139. The zero-order valence-corrected chi connectivity index (χ0v) is 24.5. The number of amides is 1. The molecule has 2 aromatic rings. The molecule has 1 amide bonds. The number of aliphatic carboxylic acids is 1. The molecule has 7 nitrogen and oxygen atoms in total. The molecule has 3 N–H and O–H groups in total. The van der Waals surface area contributed by atoms with Crippen LogP contribution in [0.4, 0.5) is 0 Å². The lowest BCUT2D eigenvalue weighted by atomic mass is 10.1. The number of carbonyl (C=O) groups excluding carboxylic acids is 1. The van der Waals surface area contributed by atoms with Crippen LogP contribution >= 0.6 is 22.6 Å². The molecule has 1 atom stereocenters. The summed E-state index contributed by atoms with van der Waals surface area (Å²) in [7, 11) is -0.756. The van der Waals surface area contributed by atoms with E-state index in [0.29, 0.717) is 42.8 Å². The smallest absolute Gasteiger partial charge is 0.326 e. The lowest BCUT2D eigenvalue weighted by Gasteiger charge is -2.42. The first-order chi connectivity index (χ1) is 16.3. The molecule has 0 aromatic heterocycles. The van der Waals surface area contributed by atoms with Gasteiger partial charge < -0.3 is 24.7 Å². The molecule has 2 aromatic carbocycles. The van der Waals surface area contributed by atoms with E-state index in [4.69, 9.17) is 9.16 Å². The van der Waals surface area contributed by atoms with Gasteiger partial charge in [0.15, 0.2) is 5.75 Å². The summed E-state index contributed by atoms with van der Waals surface area (Å²) in [6.07, 6.45) is 0.0848. The number of hydrogen-bond acceptors (Lipinski definition) is 5. The number of nitrogens with one attached hydrogen (secondary N) is 1. The first-order valence-corrected chi connectivity index (χ1v) is 14.9. The Hall–Kier alpha value is -2.27. The third-order valence-electron chi connectivity index (χ3n) is 6.47. The summed E-state index contributed by atoms with van der Waals surface area (Å²) in [6, 6.07) is 8.53. The van der Waals surface area contributed by atoms with Gasteiger partial charge in [0, 0.05) is 9.99 Å². The highest BCUT2D eigenvalue weighted by Crippen LogP contribution is 2.45. The minimum absolute atomic E-state index is 0.0848. The second-order valence-corrected chi connectivity index (χ2v) is 16.2. The van der Waals surface area contributed by atoms with Crippen LogP contribution in [0.2, 0.25) is 16.6 Å². The summed E-state index contributed by atoms with van der Waals surface area (Å²) in [5.74, 6) is -0.500. The Bertz CT molecular complexity index is 1020. The Balaban J connectivity index is 2.42. The van der Waals surface area contributed by atoms with Crippen LogP contribution in [0.15, 0.2) is 36.4 Å². The zero-order chi connectivity index (χ0) is 26.5. The van der Waals surface area contributed by atoms with Gasteiger partial charge in [-0.1, -0.05) is 53.7 Å². The zero-order valence-electron chi connectivity index (χ0n) is 21.4. The van der Waals surface area contributed by atoms with E-state index in [9.17, 15) is 19.8 Å². The first kappa shape index (κ1) is 29.0. The number of phenolic OH excluding ortho intramolecular Hbond substituents is 1. The van der Waals surface area contributed by atoms with Gasteiger partial charge in [-0.05, 0) is 69.0 Å². The summed E-state index contributed by atoms with van der Waals surface area (Å²) in [5.41, 5.74) is 1.99. The SMILES string of the molecule is COc1cc(I)c(C(=O)N[C@@H](Cc2ccc(O)cc2)C(=O)O)cc1O[Si](C(C)C)(C(C)C)C(C)C. The summed E-state index contributed by atoms with van der Waals surface area (Å²) in [4.78, 5) is 25.1. The lowest BCUT2D eigenvalue weighted by Crippen LogP contribution is -2.50. The van der Waals surface area contributed by atoms with E-state index in [1.165, 1.54) is 12.1 Å². The Labute approximate surface area is 222 Å². The van der Waals surface area contributed by atoms with Gasteiger partial charge in [-0.15, -0.1) is 0 Å². The van der Waals surface area contributed by atoms with E-state index >= 15 is 0 Å². The van der Waals surface area contributed by atoms with Crippen molar-refractivity contribution in [2.75, 3.05) is 7.11 Å². The van der Waals surface area contributed by atoms with E-state index in [1.54, 1.807) is 31.4 Å². The first-order valence-electron chi connectivity index (χ1n) is 11.7. The van der Waals surface area contributed by atoms with Gasteiger partial charge in [0.2, 0.25) is 0 Å². The second-order valence-electron chi connectivity index (χ2n) is 9.64. The summed E-state index contributed by atoms with van der Waals surface area (Å²) >= 11 is 2.05. The number of rotatable bonds is 11. The van der Waals surface area contributed by atoms with E-state index in [0.717, 1.165) is 0 Å². The molecule has 0 saturated heterocycles. The third-order valence-corrected chi connectivity index (χ3v) is 13.4. The van der Waals surface area contributed by atoms with Gasteiger partial charge >= 0.3 is 5.97 Å². The quantitative estimate of drug-likeness (QED) is 0.213. The van der Waals surface area contributed by atoms with Gasteiger partial charge in [-0.25, -0.2) is 4.79 Å². The molecule has 0 aliphatic heterocycles. The van der Waals surface area contributed by atoms with Crippen molar-refractivity contribution >= 4 is 42.8 Å². The van der Waals surface area contributed by atoms with Gasteiger partial charge in [-0.3, -0.25) is 4.79 Å². The number of methoxy groups -OCH3 is 1. The molecule has 0 bridgehead atoms. The van der Waals surface area contributed by atoms with Crippen molar-refractivity contribution in [3.63, 3.8) is 0 Å². The molecule has 0 fully saturated rings. The Morgan fingerprint density at radius 2 is 1.51 bits per heavy atom. The Morgan fingerprint density at radius 1 is 0.971 bits per heavy atom. The van der Waals surface area contributed by atoms with Crippen LogP contribution in [0.1, 0.15) is 57.5 Å². The van der Waals surface area contributed by atoms with Crippen molar-refractivity contribution in [3.05, 3.63) is 51.1 Å². The van der Waals surface area contributed by atoms with Crippen molar-refractivity contribution < 1.29 is 29.0 Å². The average Bonchev–Trinajstić information content (AvgIpc) is 2.77. The van der Waals surface area contributed by atoms with Crippen molar-refractivity contribution in [2.24, 2.45) is 0 Å². The minimum Gasteiger partial charge on any atom is -0.540 e. The fraction of sp³-hybridized carbons (Fsp3) is 0.462. The Kier molecular flexibility index (Phi) is 10.0. The molecule has 0 radical (unpaired) electrons. The number of carboxylic acid groups (broad SMARTS) is 1. The van der Waals surface area contributed by atoms with Crippen LogP contribution in [-0.2, 0) is 11.2 Å². The largest absolute Gasteiger partial charge is 0.540 e. The van der Waals surface area contributed by atoms with Crippen LogP contribution in [0.25, 0.3) is 0 Å². The number of benzene rings is 2. The molecule has 0 spiro atoms. The highest BCUT2D eigenvalue weighted by Gasteiger charge is 2.47. The predicted molar refractivity (Wildman–Crippen MR) is 148 cm³/mol. The number of hydrogen-bond donors (Lipinski definition) is 3. The molecule has 0 unspecified atom stereocenters. The van der Waals surface area contributed by atoms with E-state index < -0.39 is 26.2 Å². The highest BCUT2D eigenvalue weighted by atomic mass is 127. The summed E-state index contributed by atoms with van der Waals surface area (Å²) < 4.78 is 13.0. The molecule has 192 valence electrons. The van der Waals surface area contributed by atoms with Crippen molar-refractivity contribution in [1.29, 1.82) is 0 Å². The standard InChI is InChI=1S/C26H36INO6Si/c1-15(2)35(16(3)4,17(5)6)34-24-13-20(21(27)14-23(24)33-7)25(30)28-22(26(31)32)12-18-8-10-19(29)11-9-18/h8-11,13-17,22,29H,12H2,1-7H3,(H,28,30)(H,31,32)/t22-/m0/s1. The molecule has 0 heterocycles. The number of ether oxygens (including phenoxy) is 1. The number of halogens is 1. The van der Waals surface area contributed by atoms with Crippen molar-refractivity contribution in [1.82, 2.24) is 5.32 Å². The molecule has 0 saturated carbocycles. The van der Waals surface area contributed by atoms with Gasteiger partial charge in [0.25, 0.3) is 14.2 Å². The number of carbonyl (C=O) groups is 2. The van der Waals surface area contributed by atoms with Crippen LogP contribution < -0.4 is 14.5 Å². The maximum absolute atomic E-state index is 13.2. The molecule has 0 aliphatic rings. The van der Waals surface area contributed by atoms with E-state index in [-0.39, 0.29) is 12.2 Å². The summed E-state index contributed by atoms with van der Waals surface area (Å²) in [6.45, 7) is 13.1. The summed E-state index contributed by atoms with van der Waals surface area (Å²) in [5, 5.41) is 21.8. The second kappa shape index (κ2) is 12.1. The fourth-order valence-electron chi connectivity index (χ4n) is 4.80. The maximum Gasteiger partial charge on any atom is 0.326 e. The molecule has 2 rings (SSSR count). The minimum atomic E-state index is -2.33. The Morgan fingerprint density at radius 3 is 1.97 bits per heavy atom. The number of aromatic hydroxyl groups is 1. The highest BCUT2D eigenvalue weighted by molar-refractivity contribution is 14.1. The predicted octanol–water partition coefficient (Wildman–Crippen LogP) is 5.99. The number of phenols is 1. The normalized spacial score (nSPS) is 12.7. The van der Waals surface area contributed by atoms with Crippen LogP contribution in [0, 0.1) is 3.57 Å². The van der Waals surface area contributed by atoms with Crippen LogP contribution in [0.5, 0.6) is 17.2 Å². The van der Waals surface area contributed by atoms with E-state index in [2.05, 4.69) is 46.9 Å². The van der Waals surface area contributed by atoms with E-state index in [1.807, 2.05) is 22.6 Å². The molecular weight excluding hydrogens is 577 g/mol. The van der Waals surface area contributed by atoms with Gasteiger partial charge in [0.05, 0.1) is 12.7 Å². The van der Waals surface area contributed by atoms with Crippen molar-refractivity contribution in [2.45, 2.75) is 70.6 Å².